The molecule has 1 N–H and O–H groups in total. The maximum atomic E-state index is 12.7. The van der Waals surface area contributed by atoms with Gasteiger partial charge < -0.3 is 10.2 Å². The Morgan fingerprint density at radius 3 is 2.24 bits per heavy atom. The van der Waals surface area contributed by atoms with Gasteiger partial charge in [0.25, 0.3) is 0 Å². The summed E-state index contributed by atoms with van der Waals surface area (Å²) in [6, 6.07) is 25.2. The normalized spacial score (nSPS) is 20.2. The van der Waals surface area contributed by atoms with E-state index in [-0.39, 0.29) is 5.91 Å². The molecule has 2 aliphatic rings. The molecule has 29 heavy (non-hydrogen) atoms. The van der Waals surface area contributed by atoms with Gasteiger partial charge in [-0.1, -0.05) is 60.7 Å². The van der Waals surface area contributed by atoms with E-state index < -0.39 is 5.41 Å². The number of amides is 1. The maximum Gasteiger partial charge on any atom is 0.232 e. The van der Waals surface area contributed by atoms with Gasteiger partial charge in [-0.25, -0.2) is 0 Å². The summed E-state index contributed by atoms with van der Waals surface area (Å²) in [6.07, 6.45) is 3.60. The van der Waals surface area contributed by atoms with Crippen LogP contribution < -0.4 is 5.32 Å². The summed E-state index contributed by atoms with van der Waals surface area (Å²) < 4.78 is 0. The van der Waals surface area contributed by atoms with E-state index in [1.54, 1.807) is 4.90 Å². The van der Waals surface area contributed by atoms with Gasteiger partial charge in [0, 0.05) is 18.8 Å². The second-order valence-electron chi connectivity index (χ2n) is 8.00. The largest absolute Gasteiger partial charge is 0.325 e. The van der Waals surface area contributed by atoms with E-state index in [0.29, 0.717) is 19.5 Å². The fourth-order valence-corrected chi connectivity index (χ4v) is 4.51. The molecule has 1 atom stereocenters. The van der Waals surface area contributed by atoms with Crippen LogP contribution in [0.5, 0.6) is 0 Å². The number of hydrogen-bond acceptors (Lipinski definition) is 3. The van der Waals surface area contributed by atoms with Crippen molar-refractivity contribution in [1.82, 2.24) is 4.90 Å². The Balaban J connectivity index is 1.44. The van der Waals surface area contributed by atoms with E-state index in [0.717, 1.165) is 28.8 Å². The summed E-state index contributed by atoms with van der Waals surface area (Å²) in [5, 5.41) is 12.3. The highest BCUT2D eigenvalue weighted by Gasteiger charge is 2.47. The SMILES string of the molecule is N#CN1CC[C@]2(Cc3cc(-c4ccc(-c5ccccc5)cc4)ccc3NC2=O)C1. The molecule has 0 bridgehead atoms. The molecular weight excluding hydrogens is 358 g/mol. The molecule has 0 aliphatic carbocycles. The van der Waals surface area contributed by atoms with Gasteiger partial charge in [0.2, 0.25) is 5.91 Å². The predicted octanol–water partition coefficient (Wildman–Crippen LogP) is 4.69. The molecule has 4 nitrogen and oxygen atoms in total. The fourth-order valence-electron chi connectivity index (χ4n) is 4.51. The molecule has 1 amide bonds. The zero-order chi connectivity index (χ0) is 19.8. The molecular formula is C25H21N3O. The van der Waals surface area contributed by atoms with Crippen molar-refractivity contribution in [2.45, 2.75) is 12.8 Å². The molecule has 2 heterocycles. The van der Waals surface area contributed by atoms with Crippen molar-refractivity contribution in [1.29, 1.82) is 5.26 Å². The van der Waals surface area contributed by atoms with Crippen LogP contribution in [-0.2, 0) is 11.2 Å². The first-order valence-electron chi connectivity index (χ1n) is 9.92. The summed E-state index contributed by atoms with van der Waals surface area (Å²) >= 11 is 0. The highest BCUT2D eigenvalue weighted by Crippen LogP contribution is 2.41. The highest BCUT2D eigenvalue weighted by molar-refractivity contribution is 5.99. The van der Waals surface area contributed by atoms with E-state index in [2.05, 4.69) is 60.0 Å². The number of carbonyl (C=O) groups is 1. The van der Waals surface area contributed by atoms with Crippen molar-refractivity contribution in [3.05, 3.63) is 78.4 Å². The average Bonchev–Trinajstić information content (AvgIpc) is 3.19. The lowest BCUT2D eigenvalue weighted by molar-refractivity contribution is -0.125. The van der Waals surface area contributed by atoms with E-state index >= 15 is 0 Å². The number of nitrogens with one attached hydrogen (secondary N) is 1. The van der Waals surface area contributed by atoms with Gasteiger partial charge in [-0.05, 0) is 52.8 Å². The zero-order valence-corrected chi connectivity index (χ0v) is 16.1. The number of nitriles is 1. The van der Waals surface area contributed by atoms with Crippen molar-refractivity contribution in [3.63, 3.8) is 0 Å². The van der Waals surface area contributed by atoms with E-state index in [9.17, 15) is 10.1 Å². The minimum Gasteiger partial charge on any atom is -0.325 e. The molecule has 142 valence electrons. The number of fused-ring (bicyclic) bond motifs is 1. The van der Waals surface area contributed by atoms with Crippen molar-refractivity contribution in [2.75, 3.05) is 18.4 Å². The number of anilines is 1. The summed E-state index contributed by atoms with van der Waals surface area (Å²) in [6.45, 7) is 1.16. The van der Waals surface area contributed by atoms with Crippen molar-refractivity contribution >= 4 is 11.6 Å². The second-order valence-corrected chi connectivity index (χ2v) is 8.00. The van der Waals surface area contributed by atoms with Gasteiger partial charge in [0.05, 0.1) is 5.41 Å². The Labute approximate surface area is 170 Å². The predicted molar refractivity (Wildman–Crippen MR) is 114 cm³/mol. The van der Waals surface area contributed by atoms with Crippen LogP contribution in [0.15, 0.2) is 72.8 Å². The third kappa shape index (κ3) is 3.05. The van der Waals surface area contributed by atoms with Crippen LogP contribution in [0.1, 0.15) is 12.0 Å². The average molecular weight is 379 g/mol. The van der Waals surface area contributed by atoms with Crippen LogP contribution in [-0.4, -0.2) is 23.9 Å². The Morgan fingerprint density at radius 1 is 0.897 bits per heavy atom. The monoisotopic (exact) mass is 379 g/mol. The molecule has 0 aromatic heterocycles. The quantitative estimate of drug-likeness (QED) is 0.657. The zero-order valence-electron chi connectivity index (χ0n) is 16.1. The van der Waals surface area contributed by atoms with Crippen LogP contribution in [0.3, 0.4) is 0 Å². The van der Waals surface area contributed by atoms with Gasteiger partial charge in [0.1, 0.15) is 0 Å². The third-order valence-electron chi connectivity index (χ3n) is 6.18. The standard InChI is InChI=1S/C25H21N3O/c26-17-28-13-12-25(16-28)15-22-14-21(10-11-23(22)27-24(25)29)20-8-6-19(7-9-20)18-4-2-1-3-5-18/h1-11,14H,12-13,15-16H2,(H,27,29)/t25-/m0/s1. The number of rotatable bonds is 2. The Morgan fingerprint density at radius 2 is 1.55 bits per heavy atom. The molecule has 3 aromatic rings. The topological polar surface area (TPSA) is 56.1 Å². The number of nitrogens with zero attached hydrogens (tertiary/aromatic N) is 2. The first kappa shape index (κ1) is 17.5. The lowest BCUT2D eigenvalue weighted by atomic mass is 9.76. The van der Waals surface area contributed by atoms with Crippen LogP contribution >= 0.6 is 0 Å². The molecule has 5 rings (SSSR count). The maximum absolute atomic E-state index is 12.7. The summed E-state index contributed by atoms with van der Waals surface area (Å²) in [5.41, 5.74) is 6.25. The van der Waals surface area contributed by atoms with Crippen LogP contribution in [0, 0.1) is 16.9 Å². The molecule has 4 heteroatoms. The number of benzene rings is 3. The van der Waals surface area contributed by atoms with Gasteiger partial charge >= 0.3 is 0 Å². The molecule has 2 aliphatic heterocycles. The number of hydrogen-bond donors (Lipinski definition) is 1. The van der Waals surface area contributed by atoms with Gasteiger partial charge in [0.15, 0.2) is 6.19 Å². The van der Waals surface area contributed by atoms with Crippen LogP contribution in [0.25, 0.3) is 22.3 Å². The third-order valence-corrected chi connectivity index (χ3v) is 6.18. The van der Waals surface area contributed by atoms with Crippen LogP contribution in [0.4, 0.5) is 5.69 Å². The second kappa shape index (κ2) is 6.79. The van der Waals surface area contributed by atoms with Crippen molar-refractivity contribution in [2.24, 2.45) is 5.41 Å². The molecule has 3 aromatic carbocycles. The Bertz CT molecular complexity index is 1120. The fraction of sp³-hybridized carbons (Fsp3) is 0.200. The van der Waals surface area contributed by atoms with Crippen LogP contribution in [0.2, 0.25) is 0 Å². The summed E-state index contributed by atoms with van der Waals surface area (Å²) in [4.78, 5) is 14.4. The Kier molecular flexibility index (Phi) is 4.10. The minimum atomic E-state index is -0.488. The molecule has 1 saturated heterocycles. The minimum absolute atomic E-state index is 0.0442. The van der Waals surface area contributed by atoms with Crippen molar-refractivity contribution in [3.8, 4) is 28.4 Å². The summed E-state index contributed by atoms with van der Waals surface area (Å²) in [5.74, 6) is 0.0442. The lowest BCUT2D eigenvalue weighted by Gasteiger charge is -2.33. The molecule has 1 fully saturated rings. The summed E-state index contributed by atoms with van der Waals surface area (Å²) in [7, 11) is 0. The number of likely N-dealkylation sites (tertiary alicyclic amines) is 1. The van der Waals surface area contributed by atoms with Crippen molar-refractivity contribution < 1.29 is 4.79 Å². The van der Waals surface area contributed by atoms with Gasteiger partial charge in [-0.15, -0.1) is 0 Å². The lowest BCUT2D eigenvalue weighted by Crippen LogP contribution is -2.43. The van der Waals surface area contributed by atoms with E-state index in [1.807, 2.05) is 24.3 Å². The first-order valence-corrected chi connectivity index (χ1v) is 9.92. The van der Waals surface area contributed by atoms with Gasteiger partial charge in [-0.2, -0.15) is 5.26 Å². The smallest absolute Gasteiger partial charge is 0.232 e. The molecule has 0 saturated carbocycles. The molecule has 0 unspecified atom stereocenters. The van der Waals surface area contributed by atoms with E-state index in [1.165, 1.54) is 11.1 Å². The van der Waals surface area contributed by atoms with E-state index in [4.69, 9.17) is 0 Å². The first-order chi connectivity index (χ1) is 14.2. The molecule has 0 radical (unpaired) electrons. The Hall–Kier alpha value is -3.58. The highest BCUT2D eigenvalue weighted by atomic mass is 16.2. The van der Waals surface area contributed by atoms with Gasteiger partial charge in [-0.3, -0.25) is 4.79 Å². The number of carbonyl (C=O) groups excluding carboxylic acids is 1. The molecule has 1 spiro atoms.